The Balaban J connectivity index is 2.47. The van der Waals surface area contributed by atoms with Crippen molar-refractivity contribution in [3.8, 4) is 0 Å². The summed E-state index contributed by atoms with van der Waals surface area (Å²) < 4.78 is 35.4. The summed E-state index contributed by atoms with van der Waals surface area (Å²) in [6.45, 7) is -1.54. The lowest BCUT2D eigenvalue weighted by molar-refractivity contribution is -0.184. The van der Waals surface area contributed by atoms with E-state index in [1.54, 1.807) is 5.48 Å². The van der Waals surface area contributed by atoms with E-state index in [0.717, 1.165) is 0 Å². The first kappa shape index (κ1) is 12.9. The Hall–Kier alpha value is -1.15. The number of nitrogens with zero attached hydrogens (tertiary/aromatic N) is 1. The molecule has 1 N–H and O–H groups in total. The first-order valence-electron chi connectivity index (χ1n) is 3.99. The molecule has 4 nitrogen and oxygen atoms in total. The number of nitrogens with one attached hydrogen (secondary N) is 1. The highest BCUT2D eigenvalue weighted by Gasteiger charge is 2.28. The fraction of sp³-hybridized carbons (Fsp3) is 0.250. The highest BCUT2D eigenvalue weighted by atomic mass is 79.9. The normalized spacial score (nSPS) is 11.2. The summed E-state index contributed by atoms with van der Waals surface area (Å²) in [6.07, 6.45) is -3.14. The van der Waals surface area contributed by atoms with E-state index in [2.05, 4.69) is 25.8 Å². The van der Waals surface area contributed by atoms with Crippen LogP contribution in [0.5, 0.6) is 0 Å². The number of carbonyl (C=O) groups excluding carboxylic acids is 1. The van der Waals surface area contributed by atoms with E-state index >= 15 is 0 Å². The summed E-state index contributed by atoms with van der Waals surface area (Å²) in [4.78, 5) is 19.0. The van der Waals surface area contributed by atoms with Crippen molar-refractivity contribution in [2.75, 3.05) is 6.61 Å². The first-order valence-corrected chi connectivity index (χ1v) is 4.78. The number of rotatable bonds is 3. The molecule has 8 heteroatoms. The maximum absolute atomic E-state index is 11.7. The van der Waals surface area contributed by atoms with Gasteiger partial charge in [0, 0.05) is 11.8 Å². The zero-order valence-electron chi connectivity index (χ0n) is 7.71. The molecule has 0 aromatic carbocycles. The van der Waals surface area contributed by atoms with Gasteiger partial charge in [-0.05, 0) is 28.1 Å². The number of hydrogen-bond donors (Lipinski definition) is 1. The minimum Gasteiger partial charge on any atom is -0.267 e. The largest absolute Gasteiger partial charge is 0.414 e. The number of alkyl halides is 3. The third kappa shape index (κ3) is 4.58. The molecule has 0 atom stereocenters. The summed E-state index contributed by atoms with van der Waals surface area (Å²) in [5.41, 5.74) is 1.82. The molecule has 0 fully saturated rings. The van der Waals surface area contributed by atoms with Gasteiger partial charge in [-0.3, -0.25) is 9.63 Å². The minimum atomic E-state index is -4.48. The molecule has 1 rings (SSSR count). The number of hydroxylamine groups is 1. The Morgan fingerprint density at radius 3 is 2.81 bits per heavy atom. The van der Waals surface area contributed by atoms with Crippen LogP contribution in [0, 0.1) is 0 Å². The molecule has 0 unspecified atom stereocenters. The SMILES string of the molecule is O=C(NOCC(F)(F)F)c1ccnc(Br)c1. The Labute approximate surface area is 96.9 Å². The summed E-state index contributed by atoms with van der Waals surface area (Å²) in [5.74, 6) is -0.771. The van der Waals surface area contributed by atoms with Crippen LogP contribution >= 0.6 is 15.9 Å². The van der Waals surface area contributed by atoms with Gasteiger partial charge in [0.15, 0.2) is 6.61 Å². The van der Waals surface area contributed by atoms with Gasteiger partial charge >= 0.3 is 6.18 Å². The van der Waals surface area contributed by atoms with Crippen molar-refractivity contribution in [3.05, 3.63) is 28.5 Å². The van der Waals surface area contributed by atoms with E-state index in [4.69, 9.17) is 0 Å². The van der Waals surface area contributed by atoms with Crippen molar-refractivity contribution in [2.24, 2.45) is 0 Å². The molecule has 0 spiro atoms. The molecule has 0 aliphatic heterocycles. The zero-order chi connectivity index (χ0) is 12.2. The summed E-state index contributed by atoms with van der Waals surface area (Å²) in [5, 5.41) is 0. The van der Waals surface area contributed by atoms with Crippen LogP contribution in [0.1, 0.15) is 10.4 Å². The number of halogens is 4. The van der Waals surface area contributed by atoms with Gasteiger partial charge in [-0.2, -0.15) is 13.2 Å². The van der Waals surface area contributed by atoms with Crippen LogP contribution in [0.4, 0.5) is 13.2 Å². The molecule has 1 aromatic rings. The summed E-state index contributed by atoms with van der Waals surface area (Å²) in [6, 6.07) is 2.70. The van der Waals surface area contributed by atoms with Crippen LogP contribution in [0.3, 0.4) is 0 Å². The molecule has 1 heterocycles. The Kier molecular flexibility index (Phi) is 4.25. The highest BCUT2D eigenvalue weighted by molar-refractivity contribution is 9.10. The van der Waals surface area contributed by atoms with Crippen molar-refractivity contribution in [3.63, 3.8) is 0 Å². The Bertz CT molecular complexity index is 384. The Morgan fingerprint density at radius 2 is 2.25 bits per heavy atom. The summed E-state index contributed by atoms with van der Waals surface area (Å²) in [7, 11) is 0. The van der Waals surface area contributed by atoms with Crippen molar-refractivity contribution in [1.29, 1.82) is 0 Å². The molecule has 1 aromatic heterocycles. The topological polar surface area (TPSA) is 51.2 Å². The molecule has 16 heavy (non-hydrogen) atoms. The van der Waals surface area contributed by atoms with Gasteiger partial charge in [-0.25, -0.2) is 10.5 Å². The van der Waals surface area contributed by atoms with Crippen LogP contribution in [0.2, 0.25) is 0 Å². The van der Waals surface area contributed by atoms with Crippen LogP contribution in [0.25, 0.3) is 0 Å². The van der Waals surface area contributed by atoms with E-state index in [-0.39, 0.29) is 5.56 Å². The standard InChI is InChI=1S/C8H6BrF3N2O2/c9-6-3-5(1-2-13-6)7(15)14-16-4-8(10,11)12/h1-3H,4H2,(H,14,15). The molecule has 0 aliphatic carbocycles. The van der Waals surface area contributed by atoms with E-state index in [0.29, 0.717) is 4.60 Å². The Morgan fingerprint density at radius 1 is 1.56 bits per heavy atom. The highest BCUT2D eigenvalue weighted by Crippen LogP contribution is 2.14. The molecular formula is C8H6BrF3N2O2. The van der Waals surface area contributed by atoms with Crippen LogP contribution < -0.4 is 5.48 Å². The van der Waals surface area contributed by atoms with Gasteiger partial charge < -0.3 is 0 Å². The van der Waals surface area contributed by atoms with Gasteiger partial charge in [0.2, 0.25) is 0 Å². The number of hydrogen-bond acceptors (Lipinski definition) is 3. The second-order valence-corrected chi connectivity index (χ2v) is 3.51. The van der Waals surface area contributed by atoms with Crippen LogP contribution in [-0.4, -0.2) is 23.7 Å². The van der Waals surface area contributed by atoms with Gasteiger partial charge in [-0.15, -0.1) is 0 Å². The predicted octanol–water partition coefficient (Wildman–Crippen LogP) is 2.07. The van der Waals surface area contributed by atoms with E-state index in [1.165, 1.54) is 18.3 Å². The first-order chi connectivity index (χ1) is 7.38. The maximum atomic E-state index is 11.7. The predicted molar refractivity (Wildman–Crippen MR) is 51.4 cm³/mol. The third-order valence-corrected chi connectivity index (χ3v) is 1.82. The lowest BCUT2D eigenvalue weighted by atomic mass is 10.3. The van der Waals surface area contributed by atoms with Crippen molar-refractivity contribution in [1.82, 2.24) is 10.5 Å². The second kappa shape index (κ2) is 5.26. The zero-order valence-corrected chi connectivity index (χ0v) is 9.30. The molecule has 0 radical (unpaired) electrons. The molecule has 0 aliphatic rings. The lowest BCUT2D eigenvalue weighted by Gasteiger charge is -2.08. The average molecular weight is 299 g/mol. The van der Waals surface area contributed by atoms with Crippen molar-refractivity contribution in [2.45, 2.75) is 6.18 Å². The molecule has 0 bridgehead atoms. The third-order valence-electron chi connectivity index (χ3n) is 1.39. The second-order valence-electron chi connectivity index (χ2n) is 2.70. The maximum Gasteiger partial charge on any atom is 0.414 e. The van der Waals surface area contributed by atoms with E-state index in [1.807, 2.05) is 0 Å². The lowest BCUT2D eigenvalue weighted by Crippen LogP contribution is -2.29. The number of aromatic nitrogens is 1. The molecule has 1 amide bonds. The molecule has 0 saturated carbocycles. The van der Waals surface area contributed by atoms with E-state index in [9.17, 15) is 18.0 Å². The average Bonchev–Trinajstić information content (AvgIpc) is 2.15. The number of carbonyl (C=O) groups is 1. The van der Waals surface area contributed by atoms with Gasteiger partial charge in [-0.1, -0.05) is 0 Å². The quantitative estimate of drug-likeness (QED) is 0.686. The van der Waals surface area contributed by atoms with Crippen molar-refractivity contribution >= 4 is 21.8 Å². The molecular weight excluding hydrogens is 293 g/mol. The molecule has 0 saturated heterocycles. The van der Waals surface area contributed by atoms with Crippen LogP contribution in [-0.2, 0) is 4.84 Å². The van der Waals surface area contributed by atoms with Gasteiger partial charge in [0.1, 0.15) is 4.60 Å². The van der Waals surface area contributed by atoms with Gasteiger partial charge in [0.25, 0.3) is 5.91 Å². The van der Waals surface area contributed by atoms with E-state index < -0.39 is 18.7 Å². The van der Waals surface area contributed by atoms with Crippen molar-refractivity contribution < 1.29 is 22.8 Å². The minimum absolute atomic E-state index is 0.143. The number of amides is 1. The van der Waals surface area contributed by atoms with Crippen LogP contribution in [0.15, 0.2) is 22.9 Å². The smallest absolute Gasteiger partial charge is 0.267 e. The number of pyridine rings is 1. The van der Waals surface area contributed by atoms with Gasteiger partial charge in [0.05, 0.1) is 0 Å². The fourth-order valence-electron chi connectivity index (χ4n) is 0.786. The fourth-order valence-corrected chi connectivity index (χ4v) is 1.15. The summed E-state index contributed by atoms with van der Waals surface area (Å²) >= 11 is 3.02. The molecule has 88 valence electrons. The monoisotopic (exact) mass is 298 g/mol.